The predicted molar refractivity (Wildman–Crippen MR) is 134 cm³/mol. The molecule has 2 aliphatic heterocycles. The van der Waals surface area contributed by atoms with Crippen LogP contribution in [0, 0.1) is 12.8 Å². The number of hydrogen-bond acceptors (Lipinski definition) is 5. The molecule has 7 heteroatoms. The Kier molecular flexibility index (Phi) is 6.09. The average molecular weight is 475 g/mol. The maximum atomic E-state index is 13.1. The standard InChI is InChI=1S/C28H30N2O5/c1-17(2)16-34-21-7-8-22-18(3)23(28(33)35-25(22)12-21)9-10-26(31)29-13-19-11-20(15-29)24-5-4-6-27(32)30(24)14-19/h4-8,12,19-20H,1,9-11,13-16H2,2-3H3/t19-,20-/m0/s1. The molecule has 3 aromatic rings. The van der Waals surface area contributed by atoms with Gasteiger partial charge >= 0.3 is 5.63 Å². The minimum absolute atomic E-state index is 0.0324. The second-order valence-corrected chi connectivity index (χ2v) is 9.89. The fourth-order valence-electron chi connectivity index (χ4n) is 5.45. The molecule has 2 atom stereocenters. The lowest BCUT2D eigenvalue weighted by molar-refractivity contribution is -0.133. The smallest absolute Gasteiger partial charge is 0.339 e. The van der Waals surface area contributed by atoms with Crippen LogP contribution in [0.4, 0.5) is 0 Å². The molecular weight excluding hydrogens is 444 g/mol. The van der Waals surface area contributed by atoms with Crippen molar-refractivity contribution in [3.05, 3.63) is 86.1 Å². The topological polar surface area (TPSA) is 81.8 Å². The number of carbonyl (C=O) groups excluding carboxylic acids is 1. The first-order chi connectivity index (χ1) is 16.8. The Morgan fingerprint density at radius 1 is 1.17 bits per heavy atom. The van der Waals surface area contributed by atoms with Gasteiger partial charge in [-0.3, -0.25) is 9.59 Å². The molecule has 0 saturated carbocycles. The third-order valence-electron chi connectivity index (χ3n) is 7.17. The van der Waals surface area contributed by atoms with Crippen molar-refractivity contribution >= 4 is 16.9 Å². The number of fused-ring (bicyclic) bond motifs is 5. The molecule has 7 nitrogen and oxygen atoms in total. The molecule has 0 N–H and O–H groups in total. The number of hydrogen-bond donors (Lipinski definition) is 0. The zero-order valence-electron chi connectivity index (χ0n) is 20.2. The summed E-state index contributed by atoms with van der Waals surface area (Å²) in [5.74, 6) is 1.10. The summed E-state index contributed by atoms with van der Waals surface area (Å²) in [7, 11) is 0. The Hall–Kier alpha value is -3.61. The molecule has 2 aliphatic rings. The maximum absolute atomic E-state index is 13.1. The lowest BCUT2D eigenvalue weighted by Gasteiger charge is -2.42. The van der Waals surface area contributed by atoms with Crippen LogP contribution in [0.2, 0.25) is 0 Å². The number of rotatable bonds is 6. The number of aromatic nitrogens is 1. The molecule has 0 unspecified atom stereocenters. The molecule has 2 bridgehead atoms. The van der Waals surface area contributed by atoms with E-state index in [-0.39, 0.29) is 29.7 Å². The van der Waals surface area contributed by atoms with Crippen molar-refractivity contribution in [2.75, 3.05) is 19.7 Å². The Balaban J connectivity index is 1.30. The monoisotopic (exact) mass is 474 g/mol. The SMILES string of the molecule is C=C(C)COc1ccc2c(C)c(CCC(=O)N3C[C@@H]4C[C@@H](C3)c3cccc(=O)n3C4)c(=O)oc2c1. The van der Waals surface area contributed by atoms with Gasteiger partial charge in [-0.05, 0) is 61.9 Å². The molecule has 5 rings (SSSR count). The Morgan fingerprint density at radius 2 is 2.00 bits per heavy atom. The number of ether oxygens (including phenoxy) is 1. The molecule has 182 valence electrons. The van der Waals surface area contributed by atoms with Gasteiger partial charge in [-0.15, -0.1) is 0 Å². The number of aryl methyl sites for hydroxylation is 1. The van der Waals surface area contributed by atoms with E-state index in [1.165, 1.54) is 0 Å². The van der Waals surface area contributed by atoms with Crippen LogP contribution in [0.5, 0.6) is 5.75 Å². The second kappa shape index (κ2) is 9.21. The van der Waals surface area contributed by atoms with Gasteiger partial charge in [0.05, 0.1) is 0 Å². The van der Waals surface area contributed by atoms with Gasteiger partial charge in [-0.1, -0.05) is 12.6 Å². The molecule has 0 spiro atoms. The van der Waals surface area contributed by atoms with Gasteiger partial charge < -0.3 is 18.6 Å². The number of amides is 1. The Morgan fingerprint density at radius 3 is 2.80 bits per heavy atom. The van der Waals surface area contributed by atoms with Crippen LogP contribution in [0.15, 0.2) is 62.6 Å². The summed E-state index contributed by atoms with van der Waals surface area (Å²) >= 11 is 0. The highest BCUT2D eigenvalue weighted by Crippen LogP contribution is 2.35. The summed E-state index contributed by atoms with van der Waals surface area (Å²) in [5, 5.41) is 0.837. The normalized spacial score (nSPS) is 18.9. The van der Waals surface area contributed by atoms with Crippen LogP contribution in [0.1, 0.15) is 42.5 Å². The molecule has 1 fully saturated rings. The first-order valence-corrected chi connectivity index (χ1v) is 12.1. The maximum Gasteiger partial charge on any atom is 0.339 e. The first kappa shape index (κ1) is 23.1. The first-order valence-electron chi connectivity index (χ1n) is 12.1. The van der Waals surface area contributed by atoms with Gasteiger partial charge in [0.15, 0.2) is 0 Å². The van der Waals surface area contributed by atoms with Crippen LogP contribution in [0.25, 0.3) is 11.0 Å². The van der Waals surface area contributed by atoms with Crippen molar-refractivity contribution in [1.82, 2.24) is 9.47 Å². The van der Waals surface area contributed by atoms with Crippen molar-refractivity contribution in [2.45, 2.75) is 45.6 Å². The van der Waals surface area contributed by atoms with Crippen LogP contribution >= 0.6 is 0 Å². The average Bonchev–Trinajstić information content (AvgIpc) is 2.83. The Bertz CT molecular complexity index is 1430. The van der Waals surface area contributed by atoms with Gasteiger partial charge in [0.1, 0.15) is 17.9 Å². The summed E-state index contributed by atoms with van der Waals surface area (Å²) in [5.41, 5.74) is 3.38. The van der Waals surface area contributed by atoms with Crippen molar-refractivity contribution < 1.29 is 13.9 Å². The van der Waals surface area contributed by atoms with Crippen molar-refractivity contribution in [3.8, 4) is 5.75 Å². The molecule has 0 aliphatic carbocycles. The summed E-state index contributed by atoms with van der Waals surface area (Å²) in [6.07, 6.45) is 1.58. The van der Waals surface area contributed by atoms with E-state index in [9.17, 15) is 14.4 Å². The van der Waals surface area contributed by atoms with Gasteiger partial charge in [-0.25, -0.2) is 4.79 Å². The van der Waals surface area contributed by atoms with E-state index in [2.05, 4.69) is 6.58 Å². The predicted octanol–water partition coefficient (Wildman–Crippen LogP) is 3.80. The van der Waals surface area contributed by atoms with E-state index >= 15 is 0 Å². The van der Waals surface area contributed by atoms with Gasteiger partial charge in [-0.2, -0.15) is 0 Å². The van der Waals surface area contributed by atoms with Crippen molar-refractivity contribution in [2.24, 2.45) is 5.92 Å². The van der Waals surface area contributed by atoms with Crippen molar-refractivity contribution in [3.63, 3.8) is 0 Å². The molecular formula is C28H30N2O5. The zero-order chi connectivity index (χ0) is 24.7. The van der Waals surface area contributed by atoms with E-state index < -0.39 is 5.63 Å². The third kappa shape index (κ3) is 4.55. The van der Waals surface area contributed by atoms with Crippen LogP contribution < -0.4 is 15.9 Å². The second-order valence-electron chi connectivity index (χ2n) is 9.89. The third-order valence-corrected chi connectivity index (χ3v) is 7.17. The molecule has 35 heavy (non-hydrogen) atoms. The lowest BCUT2D eigenvalue weighted by atomic mass is 9.83. The molecule has 1 saturated heterocycles. The molecule has 1 amide bonds. The summed E-state index contributed by atoms with van der Waals surface area (Å²) < 4.78 is 13.1. The highest BCUT2D eigenvalue weighted by atomic mass is 16.5. The van der Waals surface area contributed by atoms with Gasteiger partial charge in [0.25, 0.3) is 5.56 Å². The van der Waals surface area contributed by atoms with Crippen LogP contribution in [-0.2, 0) is 17.8 Å². The number of pyridine rings is 1. The fourth-order valence-corrected chi connectivity index (χ4v) is 5.45. The molecule has 4 heterocycles. The van der Waals surface area contributed by atoms with Gasteiger partial charge in [0.2, 0.25) is 5.91 Å². The van der Waals surface area contributed by atoms with E-state index in [1.54, 1.807) is 18.2 Å². The minimum Gasteiger partial charge on any atom is -0.489 e. The minimum atomic E-state index is -0.413. The van der Waals surface area contributed by atoms with Crippen LogP contribution in [-0.4, -0.2) is 35.1 Å². The van der Waals surface area contributed by atoms with E-state index in [4.69, 9.17) is 9.15 Å². The summed E-state index contributed by atoms with van der Waals surface area (Å²) in [6, 6.07) is 10.8. The number of nitrogens with zero attached hydrogens (tertiary/aromatic N) is 2. The lowest BCUT2D eigenvalue weighted by Crippen LogP contribution is -2.49. The number of carbonyl (C=O) groups is 1. The fraction of sp³-hybridized carbons (Fsp3) is 0.393. The summed E-state index contributed by atoms with van der Waals surface area (Å²) in [4.78, 5) is 40.1. The number of piperidine rings is 1. The van der Waals surface area contributed by atoms with Crippen molar-refractivity contribution in [1.29, 1.82) is 0 Å². The number of likely N-dealkylation sites (tertiary alicyclic amines) is 1. The molecule has 1 aromatic carbocycles. The molecule has 0 radical (unpaired) electrons. The van der Waals surface area contributed by atoms with E-state index in [1.807, 2.05) is 41.5 Å². The molecule has 2 aromatic heterocycles. The highest BCUT2D eigenvalue weighted by molar-refractivity contribution is 5.83. The number of benzene rings is 1. The zero-order valence-corrected chi connectivity index (χ0v) is 20.2. The highest BCUT2D eigenvalue weighted by Gasteiger charge is 2.36. The van der Waals surface area contributed by atoms with E-state index in [0.717, 1.165) is 28.6 Å². The van der Waals surface area contributed by atoms with E-state index in [0.29, 0.717) is 49.6 Å². The van der Waals surface area contributed by atoms with Gasteiger partial charge in [0, 0.05) is 60.7 Å². The quantitative estimate of drug-likeness (QED) is 0.401. The van der Waals surface area contributed by atoms with Crippen LogP contribution in [0.3, 0.4) is 0 Å². The largest absolute Gasteiger partial charge is 0.489 e. The Labute approximate surface area is 203 Å². The summed E-state index contributed by atoms with van der Waals surface area (Å²) in [6.45, 7) is 9.92.